The van der Waals surface area contributed by atoms with Crippen LogP contribution in [0.3, 0.4) is 0 Å². The van der Waals surface area contributed by atoms with E-state index < -0.39 is 0 Å². The number of halogens is 1. The summed E-state index contributed by atoms with van der Waals surface area (Å²) >= 11 is 3.49. The van der Waals surface area contributed by atoms with Crippen molar-refractivity contribution in [3.8, 4) is 0 Å². The Hall–Kier alpha value is -0.380. The molecule has 0 radical (unpaired) electrons. The molecule has 0 bridgehead atoms. The molecule has 2 fully saturated rings. The molecule has 2 saturated carbocycles. The van der Waals surface area contributed by atoms with Gasteiger partial charge in [-0.1, -0.05) is 29.8 Å². The first-order valence-electron chi connectivity index (χ1n) is 5.63. The molecule has 1 unspecified atom stereocenters. The van der Waals surface area contributed by atoms with Crippen LogP contribution in [0, 0.1) is 5.41 Å². The van der Waals surface area contributed by atoms with E-state index in [1.54, 1.807) is 0 Å². The zero-order valence-corrected chi connectivity index (χ0v) is 10.8. The molecule has 2 aliphatic rings. The van der Waals surface area contributed by atoms with Gasteiger partial charge in [0.2, 0.25) is 0 Å². The quantitative estimate of drug-likeness (QED) is 0.790. The number of hydrogen-bond donors (Lipinski definition) is 0. The summed E-state index contributed by atoms with van der Waals surface area (Å²) < 4.78 is 2.38. The lowest BCUT2D eigenvalue weighted by molar-refractivity contribution is 0.577. The summed E-state index contributed by atoms with van der Waals surface area (Å²) in [6, 6.07) is 0.693. The lowest BCUT2D eigenvalue weighted by Gasteiger charge is -2.08. The summed E-state index contributed by atoms with van der Waals surface area (Å²) in [6.07, 6.45) is 3.87. The zero-order chi connectivity index (χ0) is 10.6. The molecule has 3 nitrogen and oxygen atoms in total. The van der Waals surface area contributed by atoms with Crippen molar-refractivity contribution in [1.29, 1.82) is 0 Å². The molecule has 4 heteroatoms. The molecule has 0 saturated heterocycles. The summed E-state index contributed by atoms with van der Waals surface area (Å²) in [5.74, 6) is 2.98. The van der Waals surface area contributed by atoms with Crippen molar-refractivity contribution in [2.45, 2.75) is 50.4 Å². The summed E-state index contributed by atoms with van der Waals surface area (Å²) in [5, 5.41) is 9.50. The van der Waals surface area contributed by atoms with E-state index in [0.29, 0.717) is 17.4 Å². The van der Waals surface area contributed by atoms with Crippen molar-refractivity contribution in [2.24, 2.45) is 5.41 Å². The Balaban J connectivity index is 1.97. The third-order valence-electron chi connectivity index (χ3n) is 3.65. The molecule has 0 aromatic carbocycles. The van der Waals surface area contributed by atoms with E-state index in [-0.39, 0.29) is 0 Å². The first-order valence-corrected chi connectivity index (χ1v) is 6.75. The lowest BCUT2D eigenvalue weighted by Crippen LogP contribution is -2.05. The average molecular weight is 270 g/mol. The van der Waals surface area contributed by atoms with Gasteiger partial charge in [0, 0.05) is 12.0 Å². The molecule has 0 N–H and O–H groups in total. The van der Waals surface area contributed by atoms with Crippen LogP contribution in [0.25, 0.3) is 0 Å². The maximum atomic E-state index is 4.39. The van der Waals surface area contributed by atoms with Crippen LogP contribution < -0.4 is 0 Å². The van der Waals surface area contributed by atoms with E-state index >= 15 is 0 Å². The van der Waals surface area contributed by atoms with Gasteiger partial charge in [0.25, 0.3) is 0 Å². The van der Waals surface area contributed by atoms with Crippen LogP contribution in [-0.4, -0.2) is 14.8 Å². The van der Waals surface area contributed by atoms with Crippen LogP contribution in [-0.2, 0) is 5.33 Å². The largest absolute Gasteiger partial charge is 0.311 e. The number of rotatable bonds is 3. The highest BCUT2D eigenvalue weighted by Crippen LogP contribution is 2.59. The van der Waals surface area contributed by atoms with E-state index in [2.05, 4.69) is 44.5 Å². The molecule has 1 heterocycles. The number of alkyl halides is 1. The van der Waals surface area contributed by atoms with Gasteiger partial charge in [-0.15, -0.1) is 10.2 Å². The smallest absolute Gasteiger partial charge is 0.143 e. The maximum Gasteiger partial charge on any atom is 0.143 e. The standard InChI is InChI=1S/C11H16BrN3/c1-11(2)5-8(11)10-14-13-9(6-12)15(10)7-3-4-7/h7-8H,3-6H2,1-2H3. The topological polar surface area (TPSA) is 30.7 Å². The van der Waals surface area contributed by atoms with Gasteiger partial charge in [-0.25, -0.2) is 0 Å². The predicted octanol–water partition coefficient (Wildman–Crippen LogP) is 3.02. The number of hydrogen-bond acceptors (Lipinski definition) is 2. The highest BCUT2D eigenvalue weighted by Gasteiger charge is 2.50. The van der Waals surface area contributed by atoms with E-state index in [9.17, 15) is 0 Å². The Bertz CT molecular complexity index is 393. The van der Waals surface area contributed by atoms with Crippen molar-refractivity contribution in [2.75, 3.05) is 0 Å². The minimum atomic E-state index is 0.448. The van der Waals surface area contributed by atoms with Crippen molar-refractivity contribution in [3.05, 3.63) is 11.6 Å². The Morgan fingerprint density at radius 3 is 2.53 bits per heavy atom. The van der Waals surface area contributed by atoms with Gasteiger partial charge in [0.05, 0.1) is 5.33 Å². The van der Waals surface area contributed by atoms with Crippen LogP contribution in [0.2, 0.25) is 0 Å². The highest BCUT2D eigenvalue weighted by molar-refractivity contribution is 9.08. The molecule has 0 spiro atoms. The normalized spacial score (nSPS) is 28.1. The number of nitrogens with zero attached hydrogens (tertiary/aromatic N) is 3. The number of aromatic nitrogens is 3. The molecule has 3 rings (SSSR count). The van der Waals surface area contributed by atoms with E-state index in [4.69, 9.17) is 0 Å². The molecular weight excluding hydrogens is 254 g/mol. The van der Waals surface area contributed by atoms with Crippen LogP contribution in [0.5, 0.6) is 0 Å². The van der Waals surface area contributed by atoms with E-state index in [1.807, 2.05) is 0 Å². The van der Waals surface area contributed by atoms with Gasteiger partial charge in [-0.05, 0) is 24.7 Å². The lowest BCUT2D eigenvalue weighted by atomic mass is 10.1. The van der Waals surface area contributed by atoms with Crippen molar-refractivity contribution in [3.63, 3.8) is 0 Å². The van der Waals surface area contributed by atoms with Crippen LogP contribution in [0.1, 0.15) is 56.7 Å². The third-order valence-corrected chi connectivity index (χ3v) is 4.15. The second-order valence-corrected chi connectivity index (χ2v) is 6.02. The summed E-state index contributed by atoms with van der Waals surface area (Å²) in [4.78, 5) is 0. The summed E-state index contributed by atoms with van der Waals surface area (Å²) in [7, 11) is 0. The van der Waals surface area contributed by atoms with Gasteiger partial charge in [-0.3, -0.25) is 0 Å². The van der Waals surface area contributed by atoms with Crippen molar-refractivity contribution in [1.82, 2.24) is 14.8 Å². The molecule has 1 aromatic heterocycles. The molecular formula is C11H16BrN3. The second-order valence-electron chi connectivity index (χ2n) is 5.45. The van der Waals surface area contributed by atoms with Crippen molar-refractivity contribution >= 4 is 15.9 Å². The average Bonchev–Trinajstić information content (AvgIpc) is 3.08. The second kappa shape index (κ2) is 3.06. The van der Waals surface area contributed by atoms with E-state index in [1.165, 1.54) is 25.1 Å². The Kier molecular flexibility index (Phi) is 2.00. The summed E-state index contributed by atoms with van der Waals surface area (Å²) in [6.45, 7) is 4.63. The summed E-state index contributed by atoms with van der Waals surface area (Å²) in [5.41, 5.74) is 0.448. The van der Waals surface area contributed by atoms with Gasteiger partial charge in [0.1, 0.15) is 11.6 Å². The van der Waals surface area contributed by atoms with Crippen molar-refractivity contribution < 1.29 is 0 Å². The van der Waals surface area contributed by atoms with E-state index in [0.717, 1.165) is 11.2 Å². The molecule has 2 aliphatic carbocycles. The molecule has 82 valence electrons. The van der Waals surface area contributed by atoms with Crippen LogP contribution in [0.15, 0.2) is 0 Å². The highest BCUT2D eigenvalue weighted by atomic mass is 79.9. The van der Waals surface area contributed by atoms with Gasteiger partial charge < -0.3 is 4.57 Å². The first-order chi connectivity index (χ1) is 7.13. The third kappa shape index (κ3) is 1.53. The van der Waals surface area contributed by atoms with Crippen LogP contribution >= 0.6 is 15.9 Å². The van der Waals surface area contributed by atoms with Gasteiger partial charge in [-0.2, -0.15) is 0 Å². The van der Waals surface area contributed by atoms with Gasteiger partial charge in [0.15, 0.2) is 0 Å². The SMILES string of the molecule is CC1(C)CC1c1nnc(CBr)n1C1CC1. The molecule has 1 atom stereocenters. The minimum absolute atomic E-state index is 0.448. The first kappa shape index (κ1) is 9.82. The molecule has 15 heavy (non-hydrogen) atoms. The minimum Gasteiger partial charge on any atom is -0.311 e. The Morgan fingerprint density at radius 2 is 2.07 bits per heavy atom. The fraction of sp³-hybridized carbons (Fsp3) is 0.818. The Morgan fingerprint density at radius 1 is 1.40 bits per heavy atom. The molecule has 0 aliphatic heterocycles. The molecule has 0 amide bonds. The van der Waals surface area contributed by atoms with Gasteiger partial charge >= 0.3 is 0 Å². The fourth-order valence-corrected chi connectivity index (χ4v) is 2.69. The van der Waals surface area contributed by atoms with Crippen LogP contribution in [0.4, 0.5) is 0 Å². The predicted molar refractivity (Wildman–Crippen MR) is 62.1 cm³/mol. The zero-order valence-electron chi connectivity index (χ0n) is 9.20. The Labute approximate surface area is 98.4 Å². The fourth-order valence-electron chi connectivity index (χ4n) is 2.30. The molecule has 1 aromatic rings. The monoisotopic (exact) mass is 269 g/mol. The maximum absolute atomic E-state index is 4.39.